The minimum absolute atomic E-state index is 0.0258. The van der Waals surface area contributed by atoms with Crippen molar-refractivity contribution in [2.75, 3.05) is 6.54 Å². The number of phenolic OH excluding ortho intramolecular Hbond substituents is 1. The fourth-order valence-corrected chi connectivity index (χ4v) is 2.12. The Bertz CT molecular complexity index is 566. The fourth-order valence-electron chi connectivity index (χ4n) is 2.12. The second-order valence-corrected chi connectivity index (χ2v) is 4.70. The van der Waals surface area contributed by atoms with Gasteiger partial charge in [-0.2, -0.15) is 0 Å². The second-order valence-electron chi connectivity index (χ2n) is 4.70. The molecule has 20 heavy (non-hydrogen) atoms. The number of para-hydroxylation sites is 1. The highest BCUT2D eigenvalue weighted by atomic mass is 16.3. The van der Waals surface area contributed by atoms with Crippen molar-refractivity contribution in [2.45, 2.75) is 19.9 Å². The normalized spacial score (nSPS) is 10.2. The van der Waals surface area contributed by atoms with Crippen LogP contribution in [-0.2, 0) is 17.8 Å². The zero-order chi connectivity index (χ0) is 14.4. The number of aromatic hydroxyl groups is 1. The van der Waals surface area contributed by atoms with Crippen molar-refractivity contribution in [2.24, 2.45) is 0 Å². The van der Waals surface area contributed by atoms with Gasteiger partial charge in [-0.25, -0.2) is 0 Å². The Morgan fingerprint density at radius 3 is 2.35 bits per heavy atom. The smallest absolute Gasteiger partial charge is 0.227 e. The monoisotopic (exact) mass is 269 g/mol. The third kappa shape index (κ3) is 3.60. The highest BCUT2D eigenvalue weighted by molar-refractivity contribution is 5.79. The first kappa shape index (κ1) is 14.1. The molecule has 0 unspecified atom stereocenters. The predicted molar refractivity (Wildman–Crippen MR) is 79.3 cm³/mol. The first-order chi connectivity index (χ1) is 9.70. The van der Waals surface area contributed by atoms with Gasteiger partial charge in [0, 0.05) is 18.7 Å². The van der Waals surface area contributed by atoms with Gasteiger partial charge in [-0.05, 0) is 18.6 Å². The number of hydrogen-bond donors (Lipinski definition) is 1. The van der Waals surface area contributed by atoms with Crippen LogP contribution in [0.2, 0.25) is 0 Å². The summed E-state index contributed by atoms with van der Waals surface area (Å²) in [5.74, 6) is 0.203. The molecule has 3 heteroatoms. The van der Waals surface area contributed by atoms with Crippen LogP contribution in [0, 0.1) is 0 Å². The van der Waals surface area contributed by atoms with Gasteiger partial charge in [0.15, 0.2) is 0 Å². The van der Waals surface area contributed by atoms with Crippen LogP contribution < -0.4 is 0 Å². The van der Waals surface area contributed by atoms with E-state index in [4.69, 9.17) is 0 Å². The Labute approximate surface area is 119 Å². The number of phenols is 1. The molecule has 2 aromatic carbocycles. The molecule has 0 saturated heterocycles. The molecule has 104 valence electrons. The minimum atomic E-state index is 0.0258. The molecule has 1 amide bonds. The maximum atomic E-state index is 12.3. The minimum Gasteiger partial charge on any atom is -0.508 e. The lowest BCUT2D eigenvalue weighted by atomic mass is 10.1. The molecule has 0 radical (unpaired) electrons. The molecule has 0 aliphatic carbocycles. The van der Waals surface area contributed by atoms with Crippen LogP contribution in [0.3, 0.4) is 0 Å². The van der Waals surface area contributed by atoms with Crippen LogP contribution in [0.4, 0.5) is 0 Å². The Hall–Kier alpha value is -2.29. The number of benzene rings is 2. The topological polar surface area (TPSA) is 40.5 Å². The average molecular weight is 269 g/mol. The molecule has 3 nitrogen and oxygen atoms in total. The summed E-state index contributed by atoms with van der Waals surface area (Å²) in [5.41, 5.74) is 1.78. The molecule has 0 aliphatic heterocycles. The van der Waals surface area contributed by atoms with Crippen LogP contribution in [0.5, 0.6) is 5.75 Å². The molecule has 0 fully saturated rings. The van der Waals surface area contributed by atoms with Gasteiger partial charge < -0.3 is 10.0 Å². The zero-order valence-electron chi connectivity index (χ0n) is 11.6. The van der Waals surface area contributed by atoms with E-state index in [1.807, 2.05) is 43.3 Å². The summed E-state index contributed by atoms with van der Waals surface area (Å²) >= 11 is 0. The fraction of sp³-hybridized carbons (Fsp3) is 0.235. The van der Waals surface area contributed by atoms with E-state index in [9.17, 15) is 9.90 Å². The Balaban J connectivity index is 2.04. The third-order valence-corrected chi connectivity index (χ3v) is 3.28. The number of amides is 1. The second kappa shape index (κ2) is 6.75. The van der Waals surface area contributed by atoms with Crippen LogP contribution in [-0.4, -0.2) is 22.5 Å². The summed E-state index contributed by atoms with van der Waals surface area (Å²) < 4.78 is 0. The quantitative estimate of drug-likeness (QED) is 0.906. The third-order valence-electron chi connectivity index (χ3n) is 3.28. The molecule has 0 aliphatic rings. The number of rotatable bonds is 5. The number of hydrogen-bond acceptors (Lipinski definition) is 2. The SMILES string of the molecule is CCN(Cc1ccccc1)C(=O)Cc1ccccc1O. The lowest BCUT2D eigenvalue weighted by molar-refractivity contribution is -0.130. The van der Waals surface area contributed by atoms with Crippen LogP contribution in [0.15, 0.2) is 54.6 Å². The van der Waals surface area contributed by atoms with Gasteiger partial charge in [-0.15, -0.1) is 0 Å². The molecule has 1 N–H and O–H groups in total. The van der Waals surface area contributed by atoms with E-state index in [1.54, 1.807) is 23.1 Å². The number of carbonyl (C=O) groups excluding carboxylic acids is 1. The van der Waals surface area contributed by atoms with E-state index < -0.39 is 0 Å². The van der Waals surface area contributed by atoms with E-state index in [1.165, 1.54) is 0 Å². The zero-order valence-corrected chi connectivity index (χ0v) is 11.6. The van der Waals surface area contributed by atoms with Gasteiger partial charge in [0.1, 0.15) is 5.75 Å². The molecule has 2 aromatic rings. The Morgan fingerprint density at radius 2 is 1.70 bits per heavy atom. The summed E-state index contributed by atoms with van der Waals surface area (Å²) in [7, 11) is 0. The molecule has 2 rings (SSSR count). The highest BCUT2D eigenvalue weighted by Crippen LogP contribution is 2.17. The Morgan fingerprint density at radius 1 is 1.05 bits per heavy atom. The van der Waals surface area contributed by atoms with Gasteiger partial charge in [0.05, 0.1) is 6.42 Å². The first-order valence-electron chi connectivity index (χ1n) is 6.79. The number of nitrogens with zero attached hydrogens (tertiary/aromatic N) is 1. The van der Waals surface area contributed by atoms with Crippen molar-refractivity contribution in [3.63, 3.8) is 0 Å². The van der Waals surface area contributed by atoms with E-state index >= 15 is 0 Å². The van der Waals surface area contributed by atoms with Gasteiger partial charge in [-0.3, -0.25) is 4.79 Å². The van der Waals surface area contributed by atoms with Gasteiger partial charge in [0.2, 0.25) is 5.91 Å². The number of likely N-dealkylation sites (N-methyl/N-ethyl adjacent to an activating group) is 1. The van der Waals surface area contributed by atoms with Crippen molar-refractivity contribution in [3.8, 4) is 5.75 Å². The summed E-state index contributed by atoms with van der Waals surface area (Å²) in [6.07, 6.45) is 0.230. The molecule has 0 bridgehead atoms. The molecular weight excluding hydrogens is 250 g/mol. The summed E-state index contributed by atoms with van der Waals surface area (Å²) in [6, 6.07) is 16.9. The summed E-state index contributed by atoms with van der Waals surface area (Å²) in [4.78, 5) is 14.1. The maximum Gasteiger partial charge on any atom is 0.227 e. The van der Waals surface area contributed by atoms with Crippen molar-refractivity contribution >= 4 is 5.91 Å². The standard InChI is InChI=1S/C17H19NO2/c1-2-18(13-14-8-4-3-5-9-14)17(20)12-15-10-6-7-11-16(15)19/h3-11,19H,2,12-13H2,1H3. The molecule has 0 atom stereocenters. The predicted octanol–water partition coefficient (Wildman–Crippen LogP) is 2.98. The largest absolute Gasteiger partial charge is 0.508 e. The van der Waals surface area contributed by atoms with Crippen LogP contribution >= 0.6 is 0 Å². The van der Waals surface area contributed by atoms with Gasteiger partial charge in [0.25, 0.3) is 0 Å². The Kier molecular flexibility index (Phi) is 4.77. The first-order valence-corrected chi connectivity index (χ1v) is 6.79. The molecule has 0 saturated carbocycles. The van der Waals surface area contributed by atoms with Crippen molar-refractivity contribution in [1.29, 1.82) is 0 Å². The molecule has 0 heterocycles. The maximum absolute atomic E-state index is 12.3. The highest BCUT2D eigenvalue weighted by Gasteiger charge is 2.14. The molecular formula is C17H19NO2. The van der Waals surface area contributed by atoms with Crippen molar-refractivity contribution in [1.82, 2.24) is 4.90 Å². The van der Waals surface area contributed by atoms with E-state index in [2.05, 4.69) is 0 Å². The number of carbonyl (C=O) groups is 1. The lowest BCUT2D eigenvalue weighted by Crippen LogP contribution is -2.31. The summed E-state index contributed by atoms with van der Waals surface area (Å²) in [6.45, 7) is 3.22. The lowest BCUT2D eigenvalue weighted by Gasteiger charge is -2.21. The van der Waals surface area contributed by atoms with Crippen LogP contribution in [0.1, 0.15) is 18.1 Å². The molecule has 0 aromatic heterocycles. The molecule has 0 spiro atoms. The van der Waals surface area contributed by atoms with E-state index in [-0.39, 0.29) is 18.1 Å². The summed E-state index contributed by atoms with van der Waals surface area (Å²) in [5, 5.41) is 9.73. The van der Waals surface area contributed by atoms with Gasteiger partial charge >= 0.3 is 0 Å². The van der Waals surface area contributed by atoms with Gasteiger partial charge in [-0.1, -0.05) is 48.5 Å². The van der Waals surface area contributed by atoms with Crippen LogP contribution in [0.25, 0.3) is 0 Å². The van der Waals surface area contributed by atoms with Crippen molar-refractivity contribution < 1.29 is 9.90 Å². The van der Waals surface area contributed by atoms with Crippen molar-refractivity contribution in [3.05, 3.63) is 65.7 Å². The average Bonchev–Trinajstić information content (AvgIpc) is 2.48. The van der Waals surface area contributed by atoms with E-state index in [0.29, 0.717) is 18.7 Å². The van der Waals surface area contributed by atoms with E-state index in [0.717, 1.165) is 5.56 Å².